The quantitative estimate of drug-likeness (QED) is 0.729. The van der Waals surface area contributed by atoms with Gasteiger partial charge < -0.3 is 4.74 Å². The molecule has 3 heteroatoms. The molecule has 0 bridgehead atoms. The maximum atomic E-state index is 12.3. The molecular formula is C13H18NO2. The molecule has 0 spiro atoms. The van der Waals surface area contributed by atoms with E-state index in [1.165, 1.54) is 5.06 Å². The average molecular weight is 220 g/mol. The Hall–Kier alpha value is -1.06. The van der Waals surface area contributed by atoms with Crippen LogP contribution >= 0.6 is 0 Å². The lowest BCUT2D eigenvalue weighted by Crippen LogP contribution is -2.41. The van der Waals surface area contributed by atoms with Crippen molar-refractivity contribution in [3.05, 3.63) is 29.3 Å². The number of hydroxylamine groups is 2. The molecule has 1 heterocycles. The molecule has 3 nitrogen and oxygen atoms in total. The lowest BCUT2D eigenvalue weighted by Gasteiger charge is -2.32. The summed E-state index contributed by atoms with van der Waals surface area (Å²) in [5.41, 5.74) is 1.19. The van der Waals surface area contributed by atoms with Gasteiger partial charge in [-0.15, -0.1) is 10.3 Å². The standard InChI is InChI=1S/C13H18NO2/c1-12(2)10-7-6-9(16-5)8-11(10)13(3,4)14(12)15/h6-8H,1-5H3. The zero-order valence-corrected chi connectivity index (χ0v) is 10.5. The highest BCUT2D eigenvalue weighted by Crippen LogP contribution is 2.49. The number of methoxy groups -OCH3 is 1. The van der Waals surface area contributed by atoms with Crippen molar-refractivity contribution in [3.8, 4) is 5.75 Å². The van der Waals surface area contributed by atoms with Crippen LogP contribution in [0.2, 0.25) is 0 Å². The van der Waals surface area contributed by atoms with Crippen LogP contribution in [0.5, 0.6) is 5.75 Å². The SMILES string of the molecule is COc1ccc2c(c1)C(C)(C)N([O])C2(C)C. The summed E-state index contributed by atoms with van der Waals surface area (Å²) in [4.78, 5) is 0. The van der Waals surface area contributed by atoms with Crippen molar-refractivity contribution >= 4 is 0 Å². The van der Waals surface area contributed by atoms with Crippen molar-refractivity contribution in [2.24, 2.45) is 0 Å². The zero-order chi connectivity index (χ0) is 12.1. The predicted molar refractivity (Wildman–Crippen MR) is 61.6 cm³/mol. The van der Waals surface area contributed by atoms with Crippen LogP contribution in [-0.4, -0.2) is 12.2 Å². The van der Waals surface area contributed by atoms with E-state index < -0.39 is 11.1 Å². The van der Waals surface area contributed by atoms with Gasteiger partial charge in [-0.3, -0.25) is 0 Å². The molecule has 0 saturated carbocycles. The Morgan fingerprint density at radius 2 is 1.62 bits per heavy atom. The predicted octanol–water partition coefficient (Wildman–Crippen LogP) is 2.83. The first-order valence-electron chi connectivity index (χ1n) is 5.48. The van der Waals surface area contributed by atoms with Gasteiger partial charge in [-0.05, 0) is 51.0 Å². The molecule has 0 aliphatic carbocycles. The van der Waals surface area contributed by atoms with E-state index in [2.05, 4.69) is 0 Å². The van der Waals surface area contributed by atoms with Gasteiger partial charge in [0.25, 0.3) is 0 Å². The minimum atomic E-state index is -0.493. The first-order valence-corrected chi connectivity index (χ1v) is 5.48. The molecule has 0 saturated heterocycles. The molecule has 87 valence electrons. The van der Waals surface area contributed by atoms with Gasteiger partial charge in [0.2, 0.25) is 0 Å². The summed E-state index contributed by atoms with van der Waals surface area (Å²) in [6.45, 7) is 7.82. The lowest BCUT2D eigenvalue weighted by atomic mass is 9.90. The molecule has 0 amide bonds. The van der Waals surface area contributed by atoms with Gasteiger partial charge in [-0.1, -0.05) is 6.07 Å². The molecular weight excluding hydrogens is 202 g/mol. The third kappa shape index (κ3) is 1.28. The maximum absolute atomic E-state index is 12.3. The van der Waals surface area contributed by atoms with Crippen molar-refractivity contribution in [2.45, 2.75) is 38.8 Å². The van der Waals surface area contributed by atoms with Crippen molar-refractivity contribution in [3.63, 3.8) is 0 Å². The number of benzene rings is 1. The Bertz CT molecular complexity index is 424. The van der Waals surface area contributed by atoms with Crippen molar-refractivity contribution in [2.75, 3.05) is 7.11 Å². The van der Waals surface area contributed by atoms with E-state index in [0.29, 0.717) is 0 Å². The molecule has 1 aromatic carbocycles. The van der Waals surface area contributed by atoms with Gasteiger partial charge in [0.1, 0.15) is 5.75 Å². The van der Waals surface area contributed by atoms with Crippen LogP contribution in [0.3, 0.4) is 0 Å². The summed E-state index contributed by atoms with van der Waals surface area (Å²) in [5.74, 6) is 0.804. The monoisotopic (exact) mass is 220 g/mol. The van der Waals surface area contributed by atoms with Crippen molar-refractivity contribution < 1.29 is 9.94 Å². The smallest absolute Gasteiger partial charge is 0.119 e. The number of fused-ring (bicyclic) bond motifs is 1. The van der Waals surface area contributed by atoms with E-state index in [1.807, 2.05) is 45.9 Å². The van der Waals surface area contributed by atoms with Crippen LogP contribution in [0.25, 0.3) is 0 Å². The third-order valence-corrected chi connectivity index (χ3v) is 3.56. The highest BCUT2D eigenvalue weighted by Gasteiger charge is 2.50. The summed E-state index contributed by atoms with van der Waals surface area (Å²) in [6, 6.07) is 5.87. The fraction of sp³-hybridized carbons (Fsp3) is 0.538. The van der Waals surface area contributed by atoms with E-state index in [4.69, 9.17) is 4.74 Å². The van der Waals surface area contributed by atoms with Crippen molar-refractivity contribution in [1.82, 2.24) is 5.06 Å². The third-order valence-electron chi connectivity index (χ3n) is 3.56. The summed E-state index contributed by atoms with van der Waals surface area (Å²) < 4.78 is 5.22. The summed E-state index contributed by atoms with van der Waals surface area (Å²) >= 11 is 0. The minimum Gasteiger partial charge on any atom is -0.497 e. The second kappa shape index (κ2) is 3.22. The topological polar surface area (TPSA) is 32.4 Å². The van der Waals surface area contributed by atoms with E-state index in [1.54, 1.807) is 7.11 Å². The largest absolute Gasteiger partial charge is 0.497 e. The summed E-state index contributed by atoms with van der Waals surface area (Å²) in [7, 11) is 1.64. The van der Waals surface area contributed by atoms with E-state index in [-0.39, 0.29) is 0 Å². The van der Waals surface area contributed by atoms with E-state index >= 15 is 0 Å². The Morgan fingerprint density at radius 1 is 1.06 bits per heavy atom. The molecule has 2 rings (SSSR count). The number of hydrogen-bond donors (Lipinski definition) is 0. The molecule has 0 N–H and O–H groups in total. The van der Waals surface area contributed by atoms with Gasteiger partial charge in [0, 0.05) is 0 Å². The van der Waals surface area contributed by atoms with Crippen LogP contribution < -0.4 is 4.74 Å². The minimum absolute atomic E-state index is 0.467. The van der Waals surface area contributed by atoms with Gasteiger partial charge in [0.15, 0.2) is 0 Å². The second-order valence-electron chi connectivity index (χ2n) is 5.32. The Labute approximate surface area is 96.6 Å². The van der Waals surface area contributed by atoms with Gasteiger partial charge >= 0.3 is 0 Å². The van der Waals surface area contributed by atoms with Gasteiger partial charge in [0.05, 0.1) is 18.2 Å². The van der Waals surface area contributed by atoms with Crippen LogP contribution in [-0.2, 0) is 16.3 Å². The molecule has 16 heavy (non-hydrogen) atoms. The maximum Gasteiger partial charge on any atom is 0.119 e. The van der Waals surface area contributed by atoms with Gasteiger partial charge in [-0.2, -0.15) is 0 Å². The first-order chi connectivity index (χ1) is 7.31. The second-order valence-corrected chi connectivity index (χ2v) is 5.32. The molecule has 0 atom stereocenters. The van der Waals surface area contributed by atoms with E-state index in [0.717, 1.165) is 16.9 Å². The highest BCUT2D eigenvalue weighted by atomic mass is 16.5. The Kier molecular flexibility index (Phi) is 2.30. The van der Waals surface area contributed by atoms with Crippen LogP contribution in [0.4, 0.5) is 0 Å². The fourth-order valence-corrected chi connectivity index (χ4v) is 2.61. The number of hydrogen-bond acceptors (Lipinski definition) is 2. The summed E-state index contributed by atoms with van der Waals surface area (Å²) in [5, 5.41) is 13.5. The molecule has 0 aromatic heterocycles. The van der Waals surface area contributed by atoms with Crippen LogP contribution in [0, 0.1) is 0 Å². The first kappa shape index (κ1) is 11.4. The molecule has 0 fully saturated rings. The normalized spacial score (nSPS) is 21.9. The Balaban J connectivity index is 2.65. The van der Waals surface area contributed by atoms with Crippen LogP contribution in [0.1, 0.15) is 38.8 Å². The Morgan fingerprint density at radius 3 is 2.19 bits per heavy atom. The molecule has 1 aromatic rings. The number of ether oxygens (including phenoxy) is 1. The summed E-state index contributed by atoms with van der Waals surface area (Å²) in [6.07, 6.45) is 0. The fourth-order valence-electron chi connectivity index (χ4n) is 2.61. The molecule has 1 aliphatic rings. The molecule has 1 radical (unpaired) electrons. The van der Waals surface area contributed by atoms with Gasteiger partial charge in [-0.25, -0.2) is 0 Å². The number of nitrogens with zero attached hydrogens (tertiary/aromatic N) is 1. The molecule has 0 unspecified atom stereocenters. The highest BCUT2D eigenvalue weighted by molar-refractivity contribution is 5.46. The zero-order valence-electron chi connectivity index (χ0n) is 10.5. The van der Waals surface area contributed by atoms with Crippen molar-refractivity contribution in [1.29, 1.82) is 0 Å². The van der Waals surface area contributed by atoms with Crippen LogP contribution in [0.15, 0.2) is 18.2 Å². The lowest BCUT2D eigenvalue weighted by molar-refractivity contribution is -0.266. The average Bonchev–Trinajstić information content (AvgIpc) is 2.38. The van der Waals surface area contributed by atoms with E-state index in [9.17, 15) is 5.21 Å². The number of rotatable bonds is 1. The molecule has 1 aliphatic heterocycles.